The van der Waals surface area contributed by atoms with Crippen molar-refractivity contribution in [1.29, 1.82) is 0 Å². The van der Waals surface area contributed by atoms with Gasteiger partial charge in [-0.3, -0.25) is 14.4 Å². The van der Waals surface area contributed by atoms with Crippen molar-refractivity contribution in [2.75, 3.05) is 11.9 Å². The van der Waals surface area contributed by atoms with Crippen molar-refractivity contribution in [3.8, 4) is 5.75 Å². The summed E-state index contributed by atoms with van der Waals surface area (Å²) in [4.78, 5) is 39.7. The SMILES string of the molecule is CC(=O)Nc1ccc(C(=O)NC23CC(NC(=O)COc4ccc(Cl)c(F)c4)(C2)C3)cn1. The molecule has 3 saturated carbocycles. The van der Waals surface area contributed by atoms with E-state index in [2.05, 4.69) is 20.9 Å². The first kappa shape index (κ1) is 21.0. The van der Waals surface area contributed by atoms with Gasteiger partial charge in [-0.1, -0.05) is 11.6 Å². The Bertz CT molecular complexity index is 1040. The number of rotatable bonds is 7. The van der Waals surface area contributed by atoms with E-state index >= 15 is 0 Å². The summed E-state index contributed by atoms with van der Waals surface area (Å²) in [7, 11) is 0. The largest absolute Gasteiger partial charge is 0.484 e. The van der Waals surface area contributed by atoms with Crippen LogP contribution in [0, 0.1) is 5.82 Å². The zero-order chi connectivity index (χ0) is 22.2. The Morgan fingerprint density at radius 1 is 1.13 bits per heavy atom. The predicted molar refractivity (Wildman–Crippen MR) is 110 cm³/mol. The van der Waals surface area contributed by atoms with Crippen molar-refractivity contribution in [2.24, 2.45) is 0 Å². The topological polar surface area (TPSA) is 109 Å². The van der Waals surface area contributed by atoms with Crippen LogP contribution in [0.2, 0.25) is 5.02 Å². The van der Waals surface area contributed by atoms with Crippen LogP contribution in [0.25, 0.3) is 0 Å². The lowest BCUT2D eigenvalue weighted by Gasteiger charge is -2.70. The van der Waals surface area contributed by atoms with Gasteiger partial charge in [0, 0.05) is 30.3 Å². The van der Waals surface area contributed by atoms with Crippen molar-refractivity contribution in [3.63, 3.8) is 0 Å². The molecule has 3 N–H and O–H groups in total. The number of pyridine rings is 1. The second kappa shape index (κ2) is 7.81. The molecule has 3 fully saturated rings. The Hall–Kier alpha value is -3.20. The third-order valence-corrected chi connectivity index (χ3v) is 5.71. The molecule has 1 aromatic heterocycles. The minimum atomic E-state index is -0.614. The molecule has 3 aliphatic rings. The second-order valence-electron chi connectivity index (χ2n) is 8.07. The molecule has 2 aromatic rings. The molecule has 0 saturated heterocycles. The van der Waals surface area contributed by atoms with Crippen LogP contribution < -0.4 is 20.7 Å². The zero-order valence-corrected chi connectivity index (χ0v) is 17.4. The molecule has 10 heteroatoms. The number of carbonyl (C=O) groups is 3. The van der Waals surface area contributed by atoms with Crippen LogP contribution in [-0.2, 0) is 9.59 Å². The highest BCUT2D eigenvalue weighted by atomic mass is 35.5. The Labute approximate surface area is 182 Å². The summed E-state index contributed by atoms with van der Waals surface area (Å²) in [5, 5.41) is 8.46. The molecule has 162 valence electrons. The molecule has 31 heavy (non-hydrogen) atoms. The van der Waals surface area contributed by atoms with Crippen LogP contribution in [0.15, 0.2) is 36.5 Å². The molecule has 1 heterocycles. The summed E-state index contributed by atoms with van der Waals surface area (Å²) < 4.78 is 18.7. The van der Waals surface area contributed by atoms with Crippen molar-refractivity contribution in [2.45, 2.75) is 37.3 Å². The molecule has 0 radical (unpaired) electrons. The molecule has 2 bridgehead atoms. The second-order valence-corrected chi connectivity index (χ2v) is 8.48. The quantitative estimate of drug-likeness (QED) is 0.605. The van der Waals surface area contributed by atoms with Crippen LogP contribution in [0.1, 0.15) is 36.5 Å². The smallest absolute Gasteiger partial charge is 0.258 e. The Morgan fingerprint density at radius 2 is 1.84 bits per heavy atom. The van der Waals surface area contributed by atoms with Crippen LogP contribution in [0.4, 0.5) is 10.2 Å². The molecule has 0 spiro atoms. The zero-order valence-electron chi connectivity index (χ0n) is 16.6. The number of hydrogen-bond acceptors (Lipinski definition) is 5. The first-order chi connectivity index (χ1) is 14.7. The minimum Gasteiger partial charge on any atom is -0.484 e. The van der Waals surface area contributed by atoms with Crippen molar-refractivity contribution in [3.05, 3.63) is 52.9 Å². The van der Waals surface area contributed by atoms with Gasteiger partial charge in [-0.05, 0) is 43.5 Å². The van der Waals surface area contributed by atoms with Crippen LogP contribution in [0.5, 0.6) is 5.75 Å². The maximum absolute atomic E-state index is 13.4. The number of nitrogens with zero attached hydrogens (tertiary/aromatic N) is 1. The fraction of sp³-hybridized carbons (Fsp3) is 0.333. The van der Waals surface area contributed by atoms with E-state index in [0.29, 0.717) is 30.6 Å². The number of nitrogens with one attached hydrogen (secondary N) is 3. The highest BCUT2D eigenvalue weighted by Crippen LogP contribution is 2.60. The average Bonchev–Trinajstić information content (AvgIpc) is 2.66. The molecule has 3 amide bonds. The molecule has 8 nitrogen and oxygen atoms in total. The number of amides is 3. The van der Waals surface area contributed by atoms with Crippen molar-refractivity contribution < 1.29 is 23.5 Å². The fourth-order valence-electron chi connectivity index (χ4n) is 4.20. The number of halogens is 2. The number of anilines is 1. The summed E-state index contributed by atoms with van der Waals surface area (Å²) in [6, 6.07) is 7.13. The number of carbonyl (C=O) groups excluding carboxylic acids is 3. The van der Waals surface area contributed by atoms with Crippen molar-refractivity contribution >= 4 is 35.1 Å². The highest BCUT2D eigenvalue weighted by Gasteiger charge is 2.69. The number of benzene rings is 1. The normalized spacial score (nSPS) is 23.1. The Kier molecular flexibility index (Phi) is 5.30. The van der Waals surface area contributed by atoms with E-state index in [1.54, 1.807) is 12.1 Å². The van der Waals surface area contributed by atoms with Gasteiger partial charge in [0.1, 0.15) is 17.4 Å². The van der Waals surface area contributed by atoms with Gasteiger partial charge in [0.2, 0.25) is 5.91 Å². The molecule has 3 aliphatic carbocycles. The standard InChI is InChI=1S/C21H20ClFN4O4/c1-12(28)25-17-5-2-13(7-24-17)19(30)27-21-9-20(10-21,11-21)26-18(29)8-31-14-3-4-15(22)16(23)6-14/h2-7H,8-11H2,1H3,(H,26,29)(H,27,30)(H,24,25,28). The maximum atomic E-state index is 13.4. The third-order valence-electron chi connectivity index (χ3n) is 5.40. The van der Waals surface area contributed by atoms with Crippen LogP contribution in [0.3, 0.4) is 0 Å². The monoisotopic (exact) mass is 446 g/mol. The van der Waals surface area contributed by atoms with Gasteiger partial charge < -0.3 is 20.7 Å². The van der Waals surface area contributed by atoms with E-state index in [9.17, 15) is 18.8 Å². The van der Waals surface area contributed by atoms with E-state index in [4.69, 9.17) is 16.3 Å². The lowest BCUT2D eigenvalue weighted by molar-refractivity contribution is -0.141. The Balaban J connectivity index is 1.23. The third kappa shape index (κ3) is 4.46. The summed E-state index contributed by atoms with van der Waals surface area (Å²) in [5.74, 6) is -0.827. The number of hydrogen-bond donors (Lipinski definition) is 3. The summed E-state index contributed by atoms with van der Waals surface area (Å²) >= 11 is 5.62. The molecular weight excluding hydrogens is 427 g/mol. The lowest BCUT2D eigenvalue weighted by Crippen LogP contribution is -2.84. The molecule has 0 aliphatic heterocycles. The molecule has 0 unspecified atom stereocenters. The summed E-state index contributed by atoms with van der Waals surface area (Å²) in [6.45, 7) is 1.14. The van der Waals surface area contributed by atoms with Gasteiger partial charge in [-0.15, -0.1) is 0 Å². The average molecular weight is 447 g/mol. The molecule has 5 rings (SSSR count). The van der Waals surface area contributed by atoms with E-state index in [1.165, 1.54) is 25.3 Å². The van der Waals surface area contributed by atoms with Gasteiger partial charge >= 0.3 is 0 Å². The predicted octanol–water partition coefficient (Wildman–Crippen LogP) is 2.43. The molecular formula is C21H20ClFN4O4. The number of ether oxygens (including phenoxy) is 1. The Morgan fingerprint density at radius 3 is 2.45 bits per heavy atom. The summed E-state index contributed by atoms with van der Waals surface area (Å²) in [6.07, 6.45) is 3.29. The van der Waals surface area contributed by atoms with Gasteiger partial charge in [0.15, 0.2) is 6.61 Å². The van der Waals surface area contributed by atoms with Crippen molar-refractivity contribution in [1.82, 2.24) is 15.6 Å². The minimum absolute atomic E-state index is 0.0162. The van der Waals surface area contributed by atoms with E-state index < -0.39 is 5.82 Å². The lowest BCUT2D eigenvalue weighted by atomic mass is 9.44. The highest BCUT2D eigenvalue weighted by molar-refractivity contribution is 6.30. The molecule has 0 atom stereocenters. The van der Waals surface area contributed by atoms with E-state index in [1.807, 2.05) is 0 Å². The van der Waals surface area contributed by atoms with E-state index in [-0.39, 0.29) is 46.2 Å². The van der Waals surface area contributed by atoms with Gasteiger partial charge in [0.25, 0.3) is 11.8 Å². The fourth-order valence-corrected chi connectivity index (χ4v) is 4.31. The van der Waals surface area contributed by atoms with Gasteiger partial charge in [-0.2, -0.15) is 0 Å². The molecule has 1 aromatic carbocycles. The van der Waals surface area contributed by atoms with E-state index in [0.717, 1.165) is 6.07 Å². The van der Waals surface area contributed by atoms with Gasteiger partial charge in [-0.25, -0.2) is 9.37 Å². The number of aromatic nitrogens is 1. The first-order valence-corrected chi connectivity index (χ1v) is 10.0. The summed E-state index contributed by atoms with van der Waals surface area (Å²) in [5.41, 5.74) is -0.284. The maximum Gasteiger partial charge on any atom is 0.258 e. The van der Waals surface area contributed by atoms with Crippen LogP contribution >= 0.6 is 11.6 Å². The van der Waals surface area contributed by atoms with Gasteiger partial charge in [0.05, 0.1) is 10.6 Å². The first-order valence-electron chi connectivity index (χ1n) is 9.63. The van der Waals surface area contributed by atoms with Crippen LogP contribution in [-0.4, -0.2) is 40.4 Å².